The lowest BCUT2D eigenvalue weighted by Gasteiger charge is -2.21. The summed E-state index contributed by atoms with van der Waals surface area (Å²) < 4.78 is 0. The molecule has 0 aliphatic heterocycles. The van der Waals surface area contributed by atoms with E-state index in [0.29, 0.717) is 5.19 Å². The van der Waals surface area contributed by atoms with Crippen molar-refractivity contribution in [3.8, 4) is 22.3 Å². The van der Waals surface area contributed by atoms with Gasteiger partial charge in [0.05, 0.1) is 0 Å². The molecule has 27 heavy (non-hydrogen) atoms. The molecule has 0 spiro atoms. The van der Waals surface area contributed by atoms with E-state index in [2.05, 4.69) is 65.8 Å². The Kier molecular flexibility index (Phi) is 5.38. The maximum absolute atomic E-state index is 10.5. The fourth-order valence-corrected chi connectivity index (χ4v) is 5.53. The fraction of sp³-hybridized carbons (Fsp3) is 0.250. The molecule has 0 saturated heterocycles. The molecule has 2 nitrogen and oxygen atoms in total. The molecule has 140 valence electrons. The highest BCUT2D eigenvalue weighted by atomic mass is 28.3. The first-order chi connectivity index (χ1) is 12.7. The monoisotopic (exact) mass is 376 g/mol. The second-order valence-electron chi connectivity index (χ2n) is 7.69. The lowest BCUT2D eigenvalue weighted by molar-refractivity contribution is 0.426. The molecule has 0 aliphatic rings. The summed E-state index contributed by atoms with van der Waals surface area (Å²) in [5.74, 6) is 0. The number of hydrogen-bond donors (Lipinski definition) is 2. The lowest BCUT2D eigenvalue weighted by atomic mass is 9.89. The van der Waals surface area contributed by atoms with Crippen LogP contribution in [-0.2, 0) is 0 Å². The Labute approximate surface area is 164 Å². The molecule has 0 atom stereocenters. The van der Waals surface area contributed by atoms with E-state index in [1.165, 1.54) is 11.1 Å². The van der Waals surface area contributed by atoms with Crippen LogP contribution in [0.15, 0.2) is 42.5 Å². The number of hydrogen-bond acceptors (Lipinski definition) is 2. The number of rotatable bonds is 3. The van der Waals surface area contributed by atoms with E-state index in [0.717, 1.165) is 44.5 Å². The van der Waals surface area contributed by atoms with Crippen molar-refractivity contribution in [3.05, 3.63) is 75.8 Å². The Balaban J connectivity index is 2.37. The minimum atomic E-state index is -3.05. The Bertz CT molecular complexity index is 897. The molecule has 0 bridgehead atoms. The van der Waals surface area contributed by atoms with Crippen LogP contribution in [0.4, 0.5) is 0 Å². The summed E-state index contributed by atoms with van der Waals surface area (Å²) in [5, 5.41) is 0.711. The van der Waals surface area contributed by atoms with Crippen LogP contribution in [0.1, 0.15) is 33.4 Å². The van der Waals surface area contributed by atoms with Gasteiger partial charge in [0.1, 0.15) is 0 Å². The average Bonchev–Trinajstić information content (AvgIpc) is 2.52. The van der Waals surface area contributed by atoms with Crippen molar-refractivity contribution >= 4 is 14.5 Å². The highest BCUT2D eigenvalue weighted by Gasteiger charge is 2.23. The molecule has 3 heteroatoms. The molecular weight excluding hydrogens is 348 g/mol. The first-order valence-electron chi connectivity index (χ1n) is 9.36. The van der Waals surface area contributed by atoms with Crippen LogP contribution in [0.25, 0.3) is 22.3 Å². The van der Waals surface area contributed by atoms with Crippen LogP contribution in [-0.4, -0.2) is 18.9 Å². The minimum Gasteiger partial charge on any atom is -0.410 e. The third kappa shape index (κ3) is 3.63. The molecule has 0 aromatic heterocycles. The number of benzene rings is 3. The van der Waals surface area contributed by atoms with E-state index >= 15 is 0 Å². The molecule has 3 aromatic rings. The van der Waals surface area contributed by atoms with Crippen LogP contribution in [0.5, 0.6) is 0 Å². The Morgan fingerprint density at radius 2 is 0.926 bits per heavy atom. The minimum absolute atomic E-state index is 0.711. The van der Waals surface area contributed by atoms with Crippen molar-refractivity contribution in [1.82, 2.24) is 0 Å². The van der Waals surface area contributed by atoms with E-state index in [4.69, 9.17) is 0 Å². The summed E-state index contributed by atoms with van der Waals surface area (Å²) >= 11 is 0. The molecule has 0 unspecified atom stereocenters. The van der Waals surface area contributed by atoms with Gasteiger partial charge in [-0.2, -0.15) is 0 Å². The lowest BCUT2D eigenvalue weighted by Crippen LogP contribution is -2.34. The molecule has 0 fully saturated rings. The maximum atomic E-state index is 10.5. The normalized spacial score (nSPS) is 11.3. The predicted octanol–water partition coefficient (Wildman–Crippen LogP) is 4.28. The van der Waals surface area contributed by atoms with E-state index in [1.807, 2.05) is 18.2 Å². The van der Waals surface area contributed by atoms with E-state index in [1.54, 1.807) is 0 Å². The topological polar surface area (TPSA) is 40.5 Å². The largest absolute Gasteiger partial charge is 0.410 e. The van der Waals surface area contributed by atoms with Crippen molar-refractivity contribution in [2.45, 2.75) is 41.5 Å². The zero-order valence-corrected chi connectivity index (χ0v) is 18.2. The van der Waals surface area contributed by atoms with Crippen molar-refractivity contribution in [3.63, 3.8) is 0 Å². The Morgan fingerprint density at radius 1 is 0.593 bits per heavy atom. The first-order valence-corrected chi connectivity index (χ1v) is 11.0. The molecule has 0 amide bonds. The van der Waals surface area contributed by atoms with Crippen molar-refractivity contribution in [1.29, 1.82) is 0 Å². The summed E-state index contributed by atoms with van der Waals surface area (Å²) in [6, 6.07) is 14.7. The van der Waals surface area contributed by atoms with Crippen molar-refractivity contribution in [2.24, 2.45) is 0 Å². The van der Waals surface area contributed by atoms with Crippen molar-refractivity contribution < 1.29 is 9.59 Å². The van der Waals surface area contributed by atoms with Crippen LogP contribution < -0.4 is 5.19 Å². The predicted molar refractivity (Wildman–Crippen MR) is 117 cm³/mol. The van der Waals surface area contributed by atoms with Gasteiger partial charge in [-0.25, -0.2) is 0 Å². The zero-order valence-electron chi connectivity index (χ0n) is 17.0. The maximum Gasteiger partial charge on any atom is 0.351 e. The van der Waals surface area contributed by atoms with Gasteiger partial charge in [-0.15, -0.1) is 0 Å². The third-order valence-electron chi connectivity index (χ3n) is 5.26. The summed E-state index contributed by atoms with van der Waals surface area (Å²) in [6.07, 6.45) is 0. The van der Waals surface area contributed by atoms with Gasteiger partial charge in [0.2, 0.25) is 0 Å². The van der Waals surface area contributed by atoms with Gasteiger partial charge < -0.3 is 9.59 Å². The van der Waals surface area contributed by atoms with Crippen LogP contribution in [0.3, 0.4) is 0 Å². The van der Waals surface area contributed by atoms with Gasteiger partial charge in [-0.1, -0.05) is 53.6 Å². The van der Waals surface area contributed by atoms with Gasteiger partial charge in [0.15, 0.2) is 0 Å². The Hall–Kier alpha value is -2.20. The summed E-state index contributed by atoms with van der Waals surface area (Å²) in [5.41, 5.74) is 11.2. The standard InChI is InChI=1S/C24H28O2Si/c1-14-10-16(3)22(17(4)11-14)20-8-7-9-21(24(20)27(25)26)23-18(5)12-15(2)13-19(23)6/h7-13,25-27H,1-6H3. The highest BCUT2D eigenvalue weighted by molar-refractivity contribution is 6.62. The summed E-state index contributed by atoms with van der Waals surface area (Å²) in [7, 11) is -3.05. The molecule has 0 saturated carbocycles. The van der Waals surface area contributed by atoms with Gasteiger partial charge in [0.25, 0.3) is 0 Å². The van der Waals surface area contributed by atoms with E-state index in [9.17, 15) is 9.59 Å². The zero-order chi connectivity index (χ0) is 19.9. The van der Waals surface area contributed by atoms with Crippen LogP contribution in [0.2, 0.25) is 0 Å². The summed E-state index contributed by atoms with van der Waals surface area (Å²) in [6.45, 7) is 12.6. The Morgan fingerprint density at radius 3 is 1.22 bits per heavy atom. The second kappa shape index (κ2) is 7.43. The molecule has 0 radical (unpaired) electrons. The molecular formula is C24H28O2Si. The first kappa shape index (κ1) is 19.6. The average molecular weight is 377 g/mol. The molecule has 3 rings (SSSR count). The molecule has 0 heterocycles. The third-order valence-corrected chi connectivity index (χ3v) is 6.40. The smallest absolute Gasteiger partial charge is 0.351 e. The van der Waals surface area contributed by atoms with Gasteiger partial charge >= 0.3 is 9.28 Å². The second-order valence-corrected chi connectivity index (χ2v) is 9.01. The SMILES string of the molecule is Cc1cc(C)c(-c2cccc(-c3c(C)cc(C)cc3C)c2[SiH](O)O)c(C)c1. The molecule has 3 aromatic carbocycles. The van der Waals surface area contributed by atoms with E-state index in [-0.39, 0.29) is 0 Å². The van der Waals surface area contributed by atoms with Gasteiger partial charge in [-0.3, -0.25) is 0 Å². The quantitative estimate of drug-likeness (QED) is 0.670. The van der Waals surface area contributed by atoms with Gasteiger partial charge in [0, 0.05) is 5.19 Å². The summed E-state index contributed by atoms with van der Waals surface area (Å²) in [4.78, 5) is 21.0. The van der Waals surface area contributed by atoms with Crippen LogP contribution in [0, 0.1) is 41.5 Å². The molecule has 2 N–H and O–H groups in total. The van der Waals surface area contributed by atoms with E-state index < -0.39 is 9.28 Å². The van der Waals surface area contributed by atoms with Gasteiger partial charge in [-0.05, 0) is 86.1 Å². The highest BCUT2D eigenvalue weighted by Crippen LogP contribution is 2.33. The fourth-order valence-electron chi connectivity index (χ4n) is 4.49. The van der Waals surface area contributed by atoms with Crippen molar-refractivity contribution in [2.75, 3.05) is 0 Å². The molecule has 0 aliphatic carbocycles. The number of aryl methyl sites for hydroxylation is 6. The van der Waals surface area contributed by atoms with Crippen LogP contribution >= 0.6 is 0 Å².